The van der Waals surface area contributed by atoms with E-state index in [1.807, 2.05) is 0 Å². The van der Waals surface area contributed by atoms with Crippen LogP contribution in [0.1, 0.15) is 20.9 Å². The molecule has 0 saturated carbocycles. The number of carbonyl (C=O) groups is 2. The maximum Gasteiger partial charge on any atom is 0.263 e. The van der Waals surface area contributed by atoms with Crippen molar-refractivity contribution in [1.82, 2.24) is 19.6 Å². The molecule has 2 aromatic heterocycles. The Morgan fingerprint density at radius 2 is 1.95 bits per heavy atom. The molecule has 0 aliphatic carbocycles. The Morgan fingerprint density at radius 3 is 2.65 bits per heavy atom. The molecule has 2 aromatic carbocycles. The van der Waals surface area contributed by atoms with Crippen molar-refractivity contribution in [2.75, 3.05) is 25.6 Å². The molecule has 0 radical (unpaired) electrons. The predicted molar refractivity (Wildman–Crippen MR) is 162 cm³/mol. The number of nitrogens with one attached hydrogen (secondary N) is 1. The number of hydrogen-bond acceptors (Lipinski definition) is 9. The molecular formula is C28H25Cl2N5O6S2. The van der Waals surface area contributed by atoms with Crippen molar-refractivity contribution < 1.29 is 27.5 Å². The van der Waals surface area contributed by atoms with Crippen LogP contribution in [0.25, 0.3) is 0 Å². The highest BCUT2D eigenvalue weighted by molar-refractivity contribution is 7.89. The van der Waals surface area contributed by atoms with E-state index in [-0.39, 0.29) is 35.1 Å². The molecule has 0 spiro atoms. The molecule has 0 fully saturated rings. The van der Waals surface area contributed by atoms with Crippen molar-refractivity contribution in [1.29, 1.82) is 0 Å². The van der Waals surface area contributed by atoms with E-state index >= 15 is 0 Å². The molecule has 15 heteroatoms. The predicted octanol–water partition coefficient (Wildman–Crippen LogP) is 4.40. The Kier molecular flexibility index (Phi) is 9.18. The fourth-order valence-electron chi connectivity index (χ4n) is 4.28. The standard InChI is InChI=1S/C28H25Cl2N5O6S2/c1-34(43(38,39)20-6-3-17(29)4-7-20)15-25-26(30)21(16-42-25)28(37)35-14-24(27(36)33-13-18-12-31-9-10-32-18)41-23-8-5-19(40-2)11-22(23)35/h3-12,16,24H,13-15H2,1-2H3,(H,33,36). The van der Waals surface area contributed by atoms with Crippen LogP contribution in [0.2, 0.25) is 10.0 Å². The van der Waals surface area contributed by atoms with E-state index in [9.17, 15) is 18.0 Å². The molecule has 3 heterocycles. The van der Waals surface area contributed by atoms with Gasteiger partial charge < -0.3 is 19.7 Å². The number of anilines is 1. The van der Waals surface area contributed by atoms with E-state index < -0.39 is 27.9 Å². The first-order valence-corrected chi connectivity index (χ1v) is 15.8. The lowest BCUT2D eigenvalue weighted by atomic mass is 10.1. The molecule has 0 bridgehead atoms. The van der Waals surface area contributed by atoms with Crippen molar-refractivity contribution in [2.24, 2.45) is 0 Å². The monoisotopic (exact) mass is 661 g/mol. The number of thiophene rings is 1. The largest absolute Gasteiger partial charge is 0.497 e. The zero-order chi connectivity index (χ0) is 30.7. The van der Waals surface area contributed by atoms with Gasteiger partial charge in [0, 0.05) is 47.3 Å². The maximum absolute atomic E-state index is 13.9. The number of nitrogens with zero attached hydrogens (tertiary/aromatic N) is 4. The van der Waals surface area contributed by atoms with E-state index in [0.717, 1.165) is 15.6 Å². The number of methoxy groups -OCH3 is 1. The first-order valence-electron chi connectivity index (χ1n) is 12.8. The molecule has 1 aliphatic rings. The second kappa shape index (κ2) is 12.9. The summed E-state index contributed by atoms with van der Waals surface area (Å²) in [6, 6.07) is 10.7. The number of rotatable bonds is 9. The molecule has 0 saturated heterocycles. The lowest BCUT2D eigenvalue weighted by Crippen LogP contribution is -2.50. The minimum atomic E-state index is -3.85. The summed E-state index contributed by atoms with van der Waals surface area (Å²) in [6.45, 7) is -0.0531. The van der Waals surface area contributed by atoms with E-state index in [0.29, 0.717) is 32.8 Å². The first kappa shape index (κ1) is 30.7. The summed E-state index contributed by atoms with van der Waals surface area (Å²) in [6.07, 6.45) is 3.55. The van der Waals surface area contributed by atoms with Gasteiger partial charge in [-0.3, -0.25) is 19.6 Å². The van der Waals surface area contributed by atoms with Crippen LogP contribution >= 0.6 is 34.5 Å². The summed E-state index contributed by atoms with van der Waals surface area (Å²) in [5.41, 5.74) is 1.12. The molecule has 2 amide bonds. The maximum atomic E-state index is 13.9. The van der Waals surface area contributed by atoms with Crippen LogP contribution in [0.3, 0.4) is 0 Å². The molecular weight excluding hydrogens is 637 g/mol. The number of aromatic nitrogens is 2. The Morgan fingerprint density at radius 1 is 1.19 bits per heavy atom. The lowest BCUT2D eigenvalue weighted by Gasteiger charge is -2.34. The third-order valence-corrected chi connectivity index (χ3v) is 10.2. The van der Waals surface area contributed by atoms with Crippen molar-refractivity contribution in [3.05, 3.63) is 92.6 Å². The van der Waals surface area contributed by atoms with Gasteiger partial charge >= 0.3 is 0 Å². The van der Waals surface area contributed by atoms with Crippen LogP contribution in [-0.2, 0) is 27.9 Å². The highest BCUT2D eigenvalue weighted by Gasteiger charge is 2.36. The summed E-state index contributed by atoms with van der Waals surface area (Å²) >= 11 is 13.7. The fourth-order valence-corrected chi connectivity index (χ4v) is 6.99. The van der Waals surface area contributed by atoms with Crippen LogP contribution in [0.4, 0.5) is 5.69 Å². The summed E-state index contributed by atoms with van der Waals surface area (Å²) in [4.78, 5) is 37.1. The van der Waals surface area contributed by atoms with Gasteiger partial charge in [0.1, 0.15) is 11.5 Å². The number of amides is 2. The number of fused-ring (bicyclic) bond motifs is 1. The van der Waals surface area contributed by atoms with Crippen LogP contribution in [0, 0.1) is 0 Å². The van der Waals surface area contributed by atoms with Crippen molar-refractivity contribution >= 4 is 62.1 Å². The molecule has 11 nitrogen and oxygen atoms in total. The summed E-state index contributed by atoms with van der Waals surface area (Å²) < 4.78 is 38.6. The average molecular weight is 663 g/mol. The highest BCUT2D eigenvalue weighted by Crippen LogP contribution is 2.39. The topological polar surface area (TPSA) is 131 Å². The molecule has 4 aromatic rings. The molecule has 1 atom stereocenters. The normalized spacial score (nSPS) is 14.6. The van der Waals surface area contributed by atoms with Gasteiger partial charge in [0.25, 0.3) is 11.8 Å². The molecule has 5 rings (SSSR count). The number of benzene rings is 2. The Hall–Kier alpha value is -3.75. The van der Waals surface area contributed by atoms with Crippen LogP contribution in [0.15, 0.2) is 71.3 Å². The van der Waals surface area contributed by atoms with Gasteiger partial charge in [-0.25, -0.2) is 8.42 Å². The SMILES string of the molecule is COc1ccc2c(c1)N(C(=O)c1csc(CN(C)S(=O)(=O)c3ccc(Cl)cc3)c1Cl)CC(C(=O)NCc1cnccn1)O2. The zero-order valence-electron chi connectivity index (χ0n) is 22.9. The summed E-state index contributed by atoms with van der Waals surface area (Å²) in [7, 11) is -0.924. The Bertz CT molecular complexity index is 1750. The second-order valence-corrected chi connectivity index (χ2v) is 13.2. The van der Waals surface area contributed by atoms with E-state index in [1.54, 1.807) is 23.6 Å². The molecule has 43 heavy (non-hydrogen) atoms. The van der Waals surface area contributed by atoms with Crippen molar-refractivity contribution in [3.8, 4) is 11.5 Å². The summed E-state index contributed by atoms with van der Waals surface area (Å²) in [5.74, 6) is -0.145. The second-order valence-electron chi connectivity index (χ2n) is 9.37. The van der Waals surface area contributed by atoms with Crippen LogP contribution < -0.4 is 19.7 Å². The molecule has 1 N–H and O–H groups in total. The van der Waals surface area contributed by atoms with Gasteiger partial charge in [-0.05, 0) is 36.4 Å². The van der Waals surface area contributed by atoms with Crippen LogP contribution in [0.5, 0.6) is 11.5 Å². The van der Waals surface area contributed by atoms with Crippen LogP contribution in [-0.4, -0.2) is 61.3 Å². The van der Waals surface area contributed by atoms with E-state index in [4.69, 9.17) is 32.7 Å². The molecule has 1 aliphatic heterocycles. The number of carbonyl (C=O) groups excluding carboxylic acids is 2. The van der Waals surface area contributed by atoms with Crippen molar-refractivity contribution in [2.45, 2.75) is 24.1 Å². The molecule has 224 valence electrons. The van der Waals surface area contributed by atoms with Gasteiger partial charge in [0.05, 0.1) is 53.3 Å². The van der Waals surface area contributed by atoms with E-state index in [2.05, 4.69) is 15.3 Å². The van der Waals surface area contributed by atoms with Gasteiger partial charge in [0.2, 0.25) is 10.0 Å². The smallest absolute Gasteiger partial charge is 0.263 e. The Labute approximate surface area is 262 Å². The minimum Gasteiger partial charge on any atom is -0.497 e. The van der Waals surface area contributed by atoms with Gasteiger partial charge in [-0.1, -0.05) is 23.2 Å². The van der Waals surface area contributed by atoms with Gasteiger partial charge in [0.15, 0.2) is 6.10 Å². The number of hydrogen-bond donors (Lipinski definition) is 1. The zero-order valence-corrected chi connectivity index (χ0v) is 26.0. The number of sulfonamides is 1. The average Bonchev–Trinajstić information content (AvgIpc) is 3.38. The third-order valence-electron chi connectivity index (χ3n) is 6.59. The fraction of sp³-hybridized carbons (Fsp3) is 0.214. The summed E-state index contributed by atoms with van der Waals surface area (Å²) in [5, 5.41) is 4.87. The minimum absolute atomic E-state index is 0.0668. The Balaban J connectivity index is 1.38. The molecule has 1 unspecified atom stereocenters. The van der Waals surface area contributed by atoms with Crippen molar-refractivity contribution in [3.63, 3.8) is 0 Å². The van der Waals surface area contributed by atoms with Gasteiger partial charge in [-0.15, -0.1) is 11.3 Å². The first-order chi connectivity index (χ1) is 20.6. The quantitative estimate of drug-likeness (QED) is 0.279. The third kappa shape index (κ3) is 6.60. The lowest BCUT2D eigenvalue weighted by molar-refractivity contribution is -0.128. The number of halogens is 2. The van der Waals surface area contributed by atoms with E-state index in [1.165, 1.54) is 61.9 Å². The number of ether oxygens (including phenoxy) is 2. The van der Waals surface area contributed by atoms with Gasteiger partial charge in [-0.2, -0.15) is 4.31 Å². The highest BCUT2D eigenvalue weighted by atomic mass is 35.5.